The monoisotopic (exact) mass is 320 g/mol. The van der Waals surface area contributed by atoms with Crippen LogP contribution in [0.25, 0.3) is 0 Å². The Hall–Kier alpha value is -1.95. The number of carbonyl (C=O) groups is 1. The van der Waals surface area contributed by atoms with Crippen LogP contribution in [0.2, 0.25) is 0 Å². The molecule has 2 N–H and O–H groups in total. The summed E-state index contributed by atoms with van der Waals surface area (Å²) in [7, 11) is 0. The summed E-state index contributed by atoms with van der Waals surface area (Å²) in [5.41, 5.74) is 0.996. The molecule has 0 spiro atoms. The number of nitrogens with zero attached hydrogens (tertiary/aromatic N) is 2. The van der Waals surface area contributed by atoms with Gasteiger partial charge in [-0.3, -0.25) is 4.79 Å². The Labute approximate surface area is 119 Å². The van der Waals surface area contributed by atoms with Crippen molar-refractivity contribution in [3.8, 4) is 0 Å². The highest BCUT2D eigenvalue weighted by molar-refractivity contribution is 9.10. The number of hydrogen-bond donors (Lipinski definition) is 2. The van der Waals surface area contributed by atoms with Crippen LogP contribution in [0.3, 0.4) is 0 Å². The number of benzene rings is 1. The van der Waals surface area contributed by atoms with E-state index in [0.717, 1.165) is 11.0 Å². The molecule has 2 rings (SSSR count). The van der Waals surface area contributed by atoms with Gasteiger partial charge in [0.2, 0.25) is 0 Å². The molecule has 19 heavy (non-hydrogen) atoms. The second kappa shape index (κ2) is 6.29. The molecule has 1 heterocycles. The molecule has 0 aliphatic heterocycles. The van der Waals surface area contributed by atoms with Crippen molar-refractivity contribution in [1.82, 2.24) is 9.97 Å². The molecule has 0 fully saturated rings. The summed E-state index contributed by atoms with van der Waals surface area (Å²) in [5.74, 6) is 0.376. The Bertz CT molecular complexity index is 554. The van der Waals surface area contributed by atoms with Gasteiger partial charge in [-0.1, -0.05) is 15.9 Å². The van der Waals surface area contributed by atoms with E-state index in [1.54, 1.807) is 6.20 Å². The van der Waals surface area contributed by atoms with Crippen molar-refractivity contribution in [3.05, 3.63) is 46.8 Å². The number of nitrogens with one attached hydrogen (secondary N) is 2. The third-order valence-corrected chi connectivity index (χ3v) is 2.87. The van der Waals surface area contributed by atoms with Crippen molar-refractivity contribution in [2.45, 2.75) is 6.92 Å². The first-order valence-electron chi connectivity index (χ1n) is 5.82. The average Bonchev–Trinajstić information content (AvgIpc) is 2.42. The fourth-order valence-corrected chi connectivity index (χ4v) is 1.71. The molecule has 1 aromatic carbocycles. The molecule has 0 unspecified atom stereocenters. The third kappa shape index (κ3) is 3.75. The van der Waals surface area contributed by atoms with Gasteiger partial charge in [-0.25, -0.2) is 9.97 Å². The van der Waals surface area contributed by atoms with Gasteiger partial charge in [-0.2, -0.15) is 0 Å². The van der Waals surface area contributed by atoms with Gasteiger partial charge in [0.1, 0.15) is 11.5 Å². The first kappa shape index (κ1) is 13.5. The van der Waals surface area contributed by atoms with E-state index in [0.29, 0.717) is 11.5 Å². The molecule has 1 amide bonds. The van der Waals surface area contributed by atoms with E-state index in [2.05, 4.69) is 36.5 Å². The lowest BCUT2D eigenvalue weighted by Gasteiger charge is -2.05. The van der Waals surface area contributed by atoms with Crippen LogP contribution in [0, 0.1) is 0 Å². The van der Waals surface area contributed by atoms with Gasteiger partial charge in [-0.05, 0) is 31.2 Å². The second-order valence-electron chi connectivity index (χ2n) is 3.78. The normalized spacial score (nSPS) is 10.0. The van der Waals surface area contributed by atoms with Crippen LogP contribution in [-0.4, -0.2) is 22.4 Å². The molecule has 5 nitrogen and oxygen atoms in total. The van der Waals surface area contributed by atoms with E-state index in [4.69, 9.17) is 0 Å². The molecule has 0 bridgehead atoms. The third-order valence-electron chi connectivity index (χ3n) is 2.34. The highest BCUT2D eigenvalue weighted by Gasteiger charge is 2.08. The van der Waals surface area contributed by atoms with E-state index in [1.807, 2.05) is 31.2 Å². The van der Waals surface area contributed by atoms with Gasteiger partial charge < -0.3 is 10.6 Å². The van der Waals surface area contributed by atoms with E-state index in [-0.39, 0.29) is 11.6 Å². The zero-order chi connectivity index (χ0) is 13.7. The Morgan fingerprint density at radius 1 is 1.21 bits per heavy atom. The number of halogens is 1. The number of aromatic nitrogens is 2. The average molecular weight is 321 g/mol. The second-order valence-corrected chi connectivity index (χ2v) is 4.69. The van der Waals surface area contributed by atoms with Gasteiger partial charge in [0.25, 0.3) is 5.91 Å². The zero-order valence-corrected chi connectivity index (χ0v) is 11.9. The fraction of sp³-hybridized carbons (Fsp3) is 0.154. The SMILES string of the molecule is CCNc1cnc(C(=O)Nc2ccc(Br)cc2)cn1. The maximum absolute atomic E-state index is 11.9. The van der Waals surface area contributed by atoms with Crippen molar-refractivity contribution in [3.63, 3.8) is 0 Å². The molecule has 0 aliphatic rings. The van der Waals surface area contributed by atoms with Crippen LogP contribution in [-0.2, 0) is 0 Å². The van der Waals surface area contributed by atoms with Crippen LogP contribution in [0.1, 0.15) is 17.4 Å². The van der Waals surface area contributed by atoms with Crippen molar-refractivity contribution >= 4 is 33.3 Å². The van der Waals surface area contributed by atoms with Gasteiger partial charge >= 0.3 is 0 Å². The molecule has 6 heteroatoms. The molecule has 0 saturated heterocycles. The first-order chi connectivity index (χ1) is 9.19. The molecule has 98 valence electrons. The topological polar surface area (TPSA) is 66.9 Å². The fourth-order valence-electron chi connectivity index (χ4n) is 1.45. The summed E-state index contributed by atoms with van der Waals surface area (Å²) in [5, 5.41) is 5.77. The molecular weight excluding hydrogens is 308 g/mol. The Morgan fingerprint density at radius 2 is 1.95 bits per heavy atom. The summed E-state index contributed by atoms with van der Waals surface area (Å²) in [6.07, 6.45) is 2.99. The molecule has 0 saturated carbocycles. The van der Waals surface area contributed by atoms with E-state index in [1.165, 1.54) is 6.20 Å². The summed E-state index contributed by atoms with van der Waals surface area (Å²) >= 11 is 3.34. The maximum atomic E-state index is 11.9. The lowest BCUT2D eigenvalue weighted by molar-refractivity contribution is 0.102. The van der Waals surface area contributed by atoms with Gasteiger partial charge in [-0.15, -0.1) is 0 Å². The van der Waals surface area contributed by atoms with Crippen molar-refractivity contribution in [1.29, 1.82) is 0 Å². The molecule has 1 aromatic heterocycles. The van der Waals surface area contributed by atoms with Gasteiger partial charge in [0, 0.05) is 16.7 Å². The number of carbonyl (C=O) groups excluding carboxylic acids is 1. The molecule has 0 radical (unpaired) electrons. The van der Waals surface area contributed by atoms with E-state index in [9.17, 15) is 4.79 Å². The Kier molecular flexibility index (Phi) is 4.46. The van der Waals surface area contributed by atoms with Crippen molar-refractivity contribution in [2.24, 2.45) is 0 Å². The maximum Gasteiger partial charge on any atom is 0.275 e. The lowest BCUT2D eigenvalue weighted by atomic mass is 10.3. The quantitative estimate of drug-likeness (QED) is 0.909. The van der Waals surface area contributed by atoms with Crippen LogP contribution in [0.4, 0.5) is 11.5 Å². The minimum atomic E-state index is -0.280. The minimum absolute atomic E-state index is 0.280. The summed E-state index contributed by atoms with van der Waals surface area (Å²) in [6, 6.07) is 7.33. The minimum Gasteiger partial charge on any atom is -0.369 e. The number of anilines is 2. The first-order valence-corrected chi connectivity index (χ1v) is 6.61. The van der Waals surface area contributed by atoms with Crippen LogP contribution in [0.15, 0.2) is 41.1 Å². The van der Waals surface area contributed by atoms with Crippen LogP contribution < -0.4 is 10.6 Å². The standard InChI is InChI=1S/C13H13BrN4O/c1-2-15-12-8-16-11(7-17-12)13(19)18-10-5-3-9(14)4-6-10/h3-8H,2H2,1H3,(H,15,17)(H,18,19). The number of hydrogen-bond acceptors (Lipinski definition) is 4. The number of rotatable bonds is 4. The van der Waals surface area contributed by atoms with Crippen molar-refractivity contribution in [2.75, 3.05) is 17.2 Å². The Morgan fingerprint density at radius 3 is 2.53 bits per heavy atom. The predicted molar refractivity (Wildman–Crippen MR) is 78.3 cm³/mol. The largest absolute Gasteiger partial charge is 0.369 e. The number of amides is 1. The van der Waals surface area contributed by atoms with Crippen LogP contribution >= 0.6 is 15.9 Å². The molecule has 0 aliphatic carbocycles. The lowest BCUT2D eigenvalue weighted by Crippen LogP contribution is -2.14. The smallest absolute Gasteiger partial charge is 0.275 e. The molecular formula is C13H13BrN4O. The summed E-state index contributed by atoms with van der Waals surface area (Å²) in [4.78, 5) is 20.1. The van der Waals surface area contributed by atoms with E-state index < -0.39 is 0 Å². The summed E-state index contributed by atoms with van der Waals surface area (Å²) < 4.78 is 0.959. The Balaban J connectivity index is 2.05. The molecule has 2 aromatic rings. The highest BCUT2D eigenvalue weighted by atomic mass is 79.9. The van der Waals surface area contributed by atoms with Crippen molar-refractivity contribution < 1.29 is 4.79 Å². The van der Waals surface area contributed by atoms with E-state index >= 15 is 0 Å². The zero-order valence-electron chi connectivity index (χ0n) is 10.4. The highest BCUT2D eigenvalue weighted by Crippen LogP contribution is 2.14. The summed E-state index contributed by atoms with van der Waals surface area (Å²) in [6.45, 7) is 2.73. The van der Waals surface area contributed by atoms with Crippen LogP contribution in [0.5, 0.6) is 0 Å². The molecule has 0 atom stereocenters. The predicted octanol–water partition coefficient (Wildman–Crippen LogP) is 2.92. The van der Waals surface area contributed by atoms with Gasteiger partial charge in [0.05, 0.1) is 12.4 Å². The van der Waals surface area contributed by atoms with Gasteiger partial charge in [0.15, 0.2) is 0 Å².